The van der Waals surface area contributed by atoms with Crippen molar-refractivity contribution in [2.45, 2.75) is 66.2 Å². The van der Waals surface area contributed by atoms with Crippen LogP contribution >= 0.6 is 0 Å². The Morgan fingerprint density at radius 1 is 0.731 bits per heavy atom. The smallest absolute Gasteiger partial charge is 0.359 e. The minimum atomic E-state index is 0. The second kappa shape index (κ2) is 30.7. The summed E-state index contributed by atoms with van der Waals surface area (Å²) in [6.45, 7) is 11.3. The molecule has 0 rings (SSSR count). The fourth-order valence-electron chi connectivity index (χ4n) is 2.39. The third-order valence-electron chi connectivity index (χ3n) is 3.65. The number of rotatable bonds is 16. The number of hydrogen-bond donors (Lipinski definition) is 0. The number of ether oxygens (including phenoxy) is 4. The van der Waals surface area contributed by atoms with Crippen molar-refractivity contribution in [3.05, 3.63) is 12.8 Å². The molecule has 0 aromatic rings. The first-order valence-electron chi connectivity index (χ1n) is 9.31. The summed E-state index contributed by atoms with van der Waals surface area (Å²) in [5.41, 5.74) is 0. The largest absolute Gasteiger partial charge is 2.00 e. The minimum Gasteiger partial charge on any atom is -0.359 e. The summed E-state index contributed by atoms with van der Waals surface area (Å²) in [5.74, 6) is 1.59. The molecule has 0 bridgehead atoms. The van der Waals surface area contributed by atoms with Gasteiger partial charge in [0.2, 0.25) is 0 Å². The molecule has 0 aliphatic carbocycles. The monoisotopic (exact) mass is 416 g/mol. The summed E-state index contributed by atoms with van der Waals surface area (Å²) in [6, 6.07) is 0. The van der Waals surface area contributed by atoms with Gasteiger partial charge >= 0.3 is 17.1 Å². The van der Waals surface area contributed by atoms with E-state index in [0.717, 1.165) is 37.9 Å². The first kappa shape index (κ1) is 34.5. The van der Waals surface area contributed by atoms with E-state index in [1.807, 2.05) is 0 Å². The van der Waals surface area contributed by atoms with E-state index >= 15 is 0 Å². The van der Waals surface area contributed by atoms with Crippen LogP contribution in [-0.4, -0.2) is 59.9 Å². The summed E-state index contributed by atoms with van der Waals surface area (Å²) in [5, 5.41) is 0. The van der Waals surface area contributed by atoms with Crippen molar-refractivity contribution < 1.29 is 36.0 Å². The molecule has 0 spiro atoms. The third kappa shape index (κ3) is 32.6. The summed E-state index contributed by atoms with van der Waals surface area (Å²) in [6.07, 6.45) is 11.6. The Labute approximate surface area is 186 Å². The van der Waals surface area contributed by atoms with E-state index in [9.17, 15) is 0 Å². The zero-order valence-corrected chi connectivity index (χ0v) is 19.3. The molecule has 2 atom stereocenters. The molecule has 6 heteroatoms. The van der Waals surface area contributed by atoms with Crippen LogP contribution in [0.4, 0.5) is 0 Å². The maximum absolute atomic E-state index is 5.18. The maximum atomic E-state index is 5.18. The number of methoxy groups -OCH3 is 2. The summed E-state index contributed by atoms with van der Waals surface area (Å²) < 4.78 is 19.9. The Morgan fingerprint density at radius 3 is 1.35 bits per heavy atom. The van der Waals surface area contributed by atoms with Gasteiger partial charge < -0.3 is 31.8 Å². The van der Waals surface area contributed by atoms with E-state index in [1.54, 1.807) is 14.2 Å². The van der Waals surface area contributed by atoms with Gasteiger partial charge in [0.25, 0.3) is 0 Å². The van der Waals surface area contributed by atoms with Crippen LogP contribution in [0.2, 0.25) is 0 Å². The van der Waals surface area contributed by atoms with Crippen LogP contribution in [0.3, 0.4) is 0 Å². The van der Waals surface area contributed by atoms with Gasteiger partial charge in [-0.25, -0.2) is 0 Å². The Balaban J connectivity index is -0.000000173. The van der Waals surface area contributed by atoms with E-state index in [0.29, 0.717) is 13.6 Å². The van der Waals surface area contributed by atoms with Crippen LogP contribution in [0.5, 0.6) is 0 Å². The Hall–Kier alpha value is 0.957. The van der Waals surface area contributed by atoms with Crippen LogP contribution in [-0.2, 0) is 36.0 Å². The molecule has 26 heavy (non-hydrogen) atoms. The van der Waals surface area contributed by atoms with Crippen molar-refractivity contribution in [3.63, 3.8) is 0 Å². The molecular formula is C20H42CuLiO4. The molecule has 158 valence electrons. The minimum absolute atomic E-state index is 0. The van der Waals surface area contributed by atoms with Crippen molar-refractivity contribution in [2.75, 3.05) is 41.0 Å². The van der Waals surface area contributed by atoms with Crippen LogP contribution in [0, 0.1) is 24.7 Å². The molecule has 0 saturated carbocycles. The van der Waals surface area contributed by atoms with Crippen molar-refractivity contribution in [3.8, 4) is 0 Å². The average molecular weight is 417 g/mol. The second-order valence-electron chi connectivity index (χ2n) is 6.41. The van der Waals surface area contributed by atoms with Gasteiger partial charge in [-0.15, -0.1) is 0 Å². The van der Waals surface area contributed by atoms with Crippen molar-refractivity contribution in [2.24, 2.45) is 11.8 Å². The molecular weight excluding hydrogens is 375 g/mol. The average Bonchev–Trinajstić information content (AvgIpc) is 2.56. The van der Waals surface area contributed by atoms with Gasteiger partial charge in [-0.2, -0.15) is 26.7 Å². The van der Waals surface area contributed by atoms with E-state index in [1.165, 1.54) is 25.7 Å². The van der Waals surface area contributed by atoms with Gasteiger partial charge in [-0.05, 0) is 12.8 Å². The van der Waals surface area contributed by atoms with E-state index < -0.39 is 0 Å². The first-order valence-corrected chi connectivity index (χ1v) is 9.31. The SMILES string of the molecule is C[CH-]CC(C)CCCOCOC.C[CH-]CC(C)CCCOCOC.[Cu+2].[Li]. The summed E-state index contributed by atoms with van der Waals surface area (Å²) in [7, 11) is 3.29. The topological polar surface area (TPSA) is 36.9 Å². The standard InChI is InChI=1S/2C10H21O2.Cu.Li/c2*1-4-6-10(2)7-5-8-12-9-11-3;;/h2*4,10H,5-9H2,1-3H3;;/q2*-1;+2;. The molecule has 0 N–H and O–H groups in total. The normalized spacial score (nSPS) is 12.2. The van der Waals surface area contributed by atoms with Crippen LogP contribution < -0.4 is 0 Å². The van der Waals surface area contributed by atoms with Gasteiger partial charge in [-0.3, -0.25) is 0 Å². The molecule has 0 heterocycles. The molecule has 0 aliphatic rings. The van der Waals surface area contributed by atoms with Gasteiger partial charge in [0.15, 0.2) is 0 Å². The van der Waals surface area contributed by atoms with E-state index in [2.05, 4.69) is 40.5 Å². The Bertz CT molecular complexity index is 202. The van der Waals surface area contributed by atoms with Gasteiger partial charge in [0, 0.05) is 46.3 Å². The molecule has 0 aliphatic heterocycles. The molecule has 0 saturated heterocycles. The fraction of sp³-hybridized carbons (Fsp3) is 0.900. The molecule has 2 unspecified atom stereocenters. The van der Waals surface area contributed by atoms with E-state index in [-0.39, 0.29) is 35.9 Å². The third-order valence-corrected chi connectivity index (χ3v) is 3.65. The zero-order valence-electron chi connectivity index (χ0n) is 18.3. The fourth-order valence-corrected chi connectivity index (χ4v) is 2.39. The van der Waals surface area contributed by atoms with E-state index in [4.69, 9.17) is 18.9 Å². The summed E-state index contributed by atoms with van der Waals surface area (Å²) in [4.78, 5) is 0. The van der Waals surface area contributed by atoms with Gasteiger partial charge in [0.1, 0.15) is 13.6 Å². The molecule has 2 radical (unpaired) electrons. The van der Waals surface area contributed by atoms with Gasteiger partial charge in [-0.1, -0.05) is 38.5 Å². The molecule has 0 fully saturated rings. The van der Waals surface area contributed by atoms with Crippen molar-refractivity contribution in [1.29, 1.82) is 0 Å². The first-order chi connectivity index (χ1) is 11.6. The summed E-state index contributed by atoms with van der Waals surface area (Å²) >= 11 is 0. The Kier molecular flexibility index (Phi) is 40.7. The number of hydrogen-bond acceptors (Lipinski definition) is 4. The van der Waals surface area contributed by atoms with Gasteiger partial charge in [0.05, 0.1) is 0 Å². The van der Waals surface area contributed by atoms with Crippen LogP contribution in [0.1, 0.15) is 66.2 Å². The molecule has 0 aromatic carbocycles. The van der Waals surface area contributed by atoms with Crippen LogP contribution in [0.25, 0.3) is 0 Å². The maximum Gasteiger partial charge on any atom is 2.00 e. The second-order valence-corrected chi connectivity index (χ2v) is 6.41. The zero-order chi connectivity index (χ0) is 18.5. The predicted molar refractivity (Wildman–Crippen MR) is 107 cm³/mol. The predicted octanol–water partition coefficient (Wildman–Crippen LogP) is 4.89. The molecule has 0 aromatic heterocycles. The van der Waals surface area contributed by atoms with Crippen molar-refractivity contribution >= 4 is 18.9 Å². The quantitative estimate of drug-likeness (QED) is 0.155. The molecule has 0 amide bonds. The molecule has 4 nitrogen and oxygen atoms in total. The Morgan fingerprint density at radius 2 is 1.08 bits per heavy atom. The van der Waals surface area contributed by atoms with Crippen molar-refractivity contribution in [1.82, 2.24) is 0 Å². The van der Waals surface area contributed by atoms with Crippen LogP contribution in [0.15, 0.2) is 0 Å².